The number of hydrogen-bond donors (Lipinski definition) is 2. The molecule has 1 saturated heterocycles. The van der Waals surface area contributed by atoms with Gasteiger partial charge in [-0.3, -0.25) is 4.79 Å². The van der Waals surface area contributed by atoms with Gasteiger partial charge in [-0.05, 0) is 18.6 Å². The van der Waals surface area contributed by atoms with E-state index >= 15 is 0 Å². The van der Waals surface area contributed by atoms with E-state index in [4.69, 9.17) is 18.0 Å². The lowest BCUT2D eigenvalue weighted by atomic mass is 10.2. The van der Waals surface area contributed by atoms with Crippen molar-refractivity contribution in [3.63, 3.8) is 0 Å². The zero-order valence-corrected chi connectivity index (χ0v) is 12.3. The molecule has 0 spiro atoms. The van der Waals surface area contributed by atoms with Crippen LogP contribution in [-0.2, 0) is 14.8 Å². The molecule has 0 radical (unpaired) electrons. The molecule has 1 aromatic carbocycles. The van der Waals surface area contributed by atoms with Crippen molar-refractivity contribution in [1.82, 2.24) is 4.31 Å². The van der Waals surface area contributed by atoms with Gasteiger partial charge in [0.05, 0.1) is 12.3 Å². The highest BCUT2D eigenvalue weighted by atomic mass is 32.2. The summed E-state index contributed by atoms with van der Waals surface area (Å²) in [5.41, 5.74) is 6.70. The highest BCUT2D eigenvalue weighted by Gasteiger charge is 2.29. The van der Waals surface area contributed by atoms with Gasteiger partial charge < -0.3 is 11.1 Å². The van der Waals surface area contributed by atoms with Crippen LogP contribution < -0.4 is 11.1 Å². The monoisotopic (exact) mass is 313 g/mol. The van der Waals surface area contributed by atoms with E-state index in [1.807, 2.05) is 0 Å². The Kier molecular flexibility index (Phi) is 4.36. The SMILES string of the molecule is NC(=S)c1cccc(NC(=O)CN2CCCS2(=O)=O)c1. The molecule has 0 aromatic heterocycles. The maximum atomic E-state index is 11.9. The zero-order valence-electron chi connectivity index (χ0n) is 10.7. The third kappa shape index (κ3) is 3.53. The summed E-state index contributed by atoms with van der Waals surface area (Å²) in [6.07, 6.45) is 0.562. The van der Waals surface area contributed by atoms with Crippen LogP contribution in [0, 0.1) is 0 Å². The first-order chi connectivity index (χ1) is 9.38. The first-order valence-corrected chi connectivity index (χ1v) is 8.08. The Bertz CT molecular complexity index is 643. The van der Waals surface area contributed by atoms with Crippen molar-refractivity contribution in [3.05, 3.63) is 29.8 Å². The van der Waals surface area contributed by atoms with Crippen LogP contribution in [0.25, 0.3) is 0 Å². The van der Waals surface area contributed by atoms with E-state index < -0.39 is 10.0 Å². The van der Waals surface area contributed by atoms with Crippen molar-refractivity contribution < 1.29 is 13.2 Å². The normalized spacial score (nSPS) is 17.8. The summed E-state index contributed by atoms with van der Waals surface area (Å²) in [6, 6.07) is 6.80. The second-order valence-electron chi connectivity index (χ2n) is 4.50. The summed E-state index contributed by atoms with van der Waals surface area (Å²) in [6.45, 7) is 0.225. The maximum absolute atomic E-state index is 11.9. The Hall–Kier alpha value is -1.51. The Balaban J connectivity index is 2.01. The number of nitrogens with one attached hydrogen (secondary N) is 1. The van der Waals surface area contributed by atoms with Gasteiger partial charge in [0.1, 0.15) is 4.99 Å². The molecule has 1 aromatic rings. The first kappa shape index (κ1) is 14.9. The summed E-state index contributed by atoms with van der Waals surface area (Å²) >= 11 is 4.86. The Morgan fingerprint density at radius 1 is 1.45 bits per heavy atom. The number of anilines is 1. The van der Waals surface area contributed by atoms with Gasteiger partial charge in [0.2, 0.25) is 15.9 Å². The van der Waals surface area contributed by atoms with Gasteiger partial charge in [0.15, 0.2) is 0 Å². The molecule has 0 bridgehead atoms. The molecule has 1 amide bonds. The maximum Gasteiger partial charge on any atom is 0.239 e. The van der Waals surface area contributed by atoms with Gasteiger partial charge in [-0.2, -0.15) is 4.31 Å². The molecule has 3 N–H and O–H groups in total. The van der Waals surface area contributed by atoms with Crippen molar-refractivity contribution in [2.45, 2.75) is 6.42 Å². The van der Waals surface area contributed by atoms with E-state index in [9.17, 15) is 13.2 Å². The second kappa shape index (κ2) is 5.86. The number of benzene rings is 1. The van der Waals surface area contributed by atoms with Gasteiger partial charge in [-0.15, -0.1) is 0 Å². The van der Waals surface area contributed by atoms with E-state index in [1.165, 1.54) is 4.31 Å². The topological polar surface area (TPSA) is 92.5 Å². The van der Waals surface area contributed by atoms with Crippen molar-refractivity contribution in [2.24, 2.45) is 5.73 Å². The summed E-state index contributed by atoms with van der Waals surface area (Å²) in [7, 11) is -3.26. The standard InChI is InChI=1S/C12H15N3O3S2/c13-12(19)9-3-1-4-10(7-9)14-11(16)8-15-5-2-6-20(15,17)18/h1,3-4,7H,2,5-6,8H2,(H2,13,19)(H,14,16). The van der Waals surface area contributed by atoms with Gasteiger partial charge in [0, 0.05) is 17.8 Å². The number of thiocarbonyl (C=S) groups is 1. The predicted molar refractivity (Wildman–Crippen MR) is 80.9 cm³/mol. The molecule has 1 fully saturated rings. The molecular formula is C12H15N3O3S2. The minimum Gasteiger partial charge on any atom is -0.389 e. The third-order valence-corrected chi connectivity index (χ3v) is 5.09. The van der Waals surface area contributed by atoms with Crippen LogP contribution in [0.4, 0.5) is 5.69 Å². The smallest absolute Gasteiger partial charge is 0.239 e. The highest BCUT2D eigenvalue weighted by Crippen LogP contribution is 2.14. The fourth-order valence-electron chi connectivity index (χ4n) is 1.98. The second-order valence-corrected chi connectivity index (χ2v) is 7.02. The summed E-state index contributed by atoms with van der Waals surface area (Å²) in [5.74, 6) is -0.271. The summed E-state index contributed by atoms with van der Waals surface area (Å²) in [5, 5.41) is 2.64. The third-order valence-electron chi connectivity index (χ3n) is 2.95. The van der Waals surface area contributed by atoms with E-state index in [2.05, 4.69) is 5.32 Å². The quantitative estimate of drug-likeness (QED) is 0.780. The van der Waals surface area contributed by atoms with E-state index in [0.717, 1.165) is 0 Å². The molecule has 1 aliphatic rings. The molecule has 6 nitrogen and oxygen atoms in total. The van der Waals surface area contributed by atoms with E-state index in [0.29, 0.717) is 24.2 Å². The van der Waals surface area contributed by atoms with Crippen LogP contribution in [0.15, 0.2) is 24.3 Å². The Morgan fingerprint density at radius 2 is 2.20 bits per heavy atom. The lowest BCUT2D eigenvalue weighted by Crippen LogP contribution is -2.34. The van der Waals surface area contributed by atoms with Gasteiger partial charge in [0.25, 0.3) is 0 Å². The zero-order chi connectivity index (χ0) is 14.8. The lowest BCUT2D eigenvalue weighted by molar-refractivity contribution is -0.116. The fourth-order valence-corrected chi connectivity index (χ4v) is 3.58. The molecule has 8 heteroatoms. The lowest BCUT2D eigenvalue weighted by Gasteiger charge is -2.14. The van der Waals surface area contributed by atoms with Gasteiger partial charge in [-0.1, -0.05) is 24.4 Å². The van der Waals surface area contributed by atoms with Crippen LogP contribution in [0.3, 0.4) is 0 Å². The van der Waals surface area contributed by atoms with Gasteiger partial charge in [-0.25, -0.2) is 8.42 Å². The molecule has 0 saturated carbocycles. The fraction of sp³-hybridized carbons (Fsp3) is 0.333. The number of hydrogen-bond acceptors (Lipinski definition) is 4. The summed E-state index contributed by atoms with van der Waals surface area (Å²) in [4.78, 5) is 12.1. The molecule has 20 heavy (non-hydrogen) atoms. The average Bonchev–Trinajstić information content (AvgIpc) is 2.69. The van der Waals surface area contributed by atoms with Crippen LogP contribution >= 0.6 is 12.2 Å². The van der Waals surface area contributed by atoms with E-state index in [-0.39, 0.29) is 23.2 Å². The van der Waals surface area contributed by atoms with Crippen LogP contribution in [0.5, 0.6) is 0 Å². The average molecular weight is 313 g/mol. The number of nitrogens with zero attached hydrogens (tertiary/aromatic N) is 1. The van der Waals surface area contributed by atoms with Crippen molar-refractivity contribution in [2.75, 3.05) is 24.2 Å². The number of sulfonamides is 1. The minimum absolute atomic E-state index is 0.108. The minimum atomic E-state index is -3.26. The highest BCUT2D eigenvalue weighted by molar-refractivity contribution is 7.89. The predicted octanol–water partition coefficient (Wildman–Crippen LogP) is 0.295. The Labute approximate surface area is 123 Å². The van der Waals surface area contributed by atoms with Crippen LogP contribution in [0.2, 0.25) is 0 Å². The number of amides is 1. The number of carbonyl (C=O) groups is 1. The number of rotatable bonds is 4. The molecule has 0 aliphatic carbocycles. The van der Waals surface area contributed by atoms with Crippen molar-refractivity contribution >= 4 is 38.8 Å². The van der Waals surface area contributed by atoms with Crippen molar-refractivity contribution in [3.8, 4) is 0 Å². The molecule has 108 valence electrons. The largest absolute Gasteiger partial charge is 0.389 e. The molecule has 1 heterocycles. The van der Waals surface area contributed by atoms with Crippen LogP contribution in [-0.4, -0.2) is 42.5 Å². The molecule has 0 atom stereocenters. The molecule has 0 unspecified atom stereocenters. The van der Waals surface area contributed by atoms with E-state index in [1.54, 1.807) is 24.3 Å². The van der Waals surface area contributed by atoms with Crippen molar-refractivity contribution in [1.29, 1.82) is 0 Å². The van der Waals surface area contributed by atoms with Gasteiger partial charge >= 0.3 is 0 Å². The Morgan fingerprint density at radius 3 is 2.80 bits per heavy atom. The molecule has 2 rings (SSSR count). The molecular weight excluding hydrogens is 298 g/mol. The van der Waals surface area contributed by atoms with Crippen LogP contribution in [0.1, 0.15) is 12.0 Å². The summed E-state index contributed by atoms with van der Waals surface area (Å²) < 4.78 is 24.4. The number of nitrogens with two attached hydrogens (primary N) is 1. The molecule has 1 aliphatic heterocycles. The first-order valence-electron chi connectivity index (χ1n) is 6.06. The number of carbonyl (C=O) groups excluding carboxylic acids is 1.